The molecule has 10 heavy (non-hydrogen) atoms. The van der Waals surface area contributed by atoms with Crippen molar-refractivity contribution < 1.29 is 0 Å². The van der Waals surface area contributed by atoms with Gasteiger partial charge in [0.15, 0.2) is 0 Å². The van der Waals surface area contributed by atoms with Gasteiger partial charge < -0.3 is 0 Å². The second-order valence-electron chi connectivity index (χ2n) is 2.29. The molecule has 0 nitrogen and oxygen atoms in total. The Kier molecular flexibility index (Phi) is 10.8. The fourth-order valence-corrected chi connectivity index (χ4v) is 2.02. The van der Waals surface area contributed by atoms with Crippen LogP contribution < -0.4 is 0 Å². The minimum atomic E-state index is 0.840. The third-order valence-corrected chi connectivity index (χ3v) is 5.14. The Morgan fingerprint density at radius 1 is 1.20 bits per heavy atom. The molecule has 0 aliphatic carbocycles. The van der Waals surface area contributed by atoms with E-state index in [4.69, 9.17) is 0 Å². The summed E-state index contributed by atoms with van der Waals surface area (Å²) < 4.78 is 2.16. The Morgan fingerprint density at radius 2 is 1.90 bits per heavy atom. The number of unbranched alkanes of at least 4 members (excludes halogenated alkanes) is 2. The van der Waals surface area contributed by atoms with Crippen LogP contribution in [0.1, 0.15) is 25.7 Å². The molecule has 0 radical (unpaired) electrons. The van der Waals surface area contributed by atoms with E-state index in [1.807, 2.05) is 0 Å². The Hall–Kier alpha value is 1.94. The van der Waals surface area contributed by atoms with Crippen molar-refractivity contribution in [3.8, 4) is 0 Å². The van der Waals surface area contributed by atoms with E-state index in [2.05, 4.69) is 61.1 Å². The van der Waals surface area contributed by atoms with Gasteiger partial charge in [0.25, 0.3) is 0 Å². The summed E-state index contributed by atoms with van der Waals surface area (Å²) in [5.74, 6) is 0. The molecule has 0 aromatic heterocycles. The molecule has 0 fully saturated rings. The Bertz CT molecular complexity index is 68.6. The summed E-state index contributed by atoms with van der Waals surface area (Å²) in [7, 11) is 0. The van der Waals surface area contributed by atoms with Gasteiger partial charge in [0.05, 0.1) is 0 Å². The van der Waals surface area contributed by atoms with Crippen LogP contribution in [-0.2, 0) is 0 Å². The first-order chi connectivity index (χ1) is 4.81. The molecule has 1 atom stereocenters. The van der Waals surface area contributed by atoms with E-state index in [1.54, 1.807) is 0 Å². The molecular weight excluding hydrogens is 418 g/mol. The summed E-state index contributed by atoms with van der Waals surface area (Å²) in [6.07, 6.45) is 5.59. The van der Waals surface area contributed by atoms with Gasteiger partial charge >= 0.3 is 0 Å². The Morgan fingerprint density at radius 3 is 2.40 bits per heavy atom. The lowest BCUT2D eigenvalue weighted by Crippen LogP contribution is -1.97. The highest BCUT2D eigenvalue weighted by Gasteiger charge is 1.99. The summed E-state index contributed by atoms with van der Waals surface area (Å²) in [5.41, 5.74) is 0. The van der Waals surface area contributed by atoms with Gasteiger partial charge in [0, 0.05) is 9.25 Å². The third-order valence-electron chi connectivity index (χ3n) is 1.32. The second-order valence-corrected chi connectivity index (χ2v) is 5.78. The maximum Gasteiger partial charge on any atom is 0.0207 e. The predicted molar refractivity (Wildman–Crippen MR) is 69.0 cm³/mol. The van der Waals surface area contributed by atoms with Gasteiger partial charge in [-0.15, -0.1) is 0 Å². The second kappa shape index (κ2) is 9.03. The minimum Gasteiger partial charge on any atom is -0.0917 e. The molecule has 0 amide bonds. The maximum absolute atomic E-state index is 3.47. The van der Waals surface area contributed by atoms with E-state index >= 15 is 0 Å². The van der Waals surface area contributed by atoms with E-state index in [0.717, 1.165) is 9.25 Å². The number of hydrogen-bond donors (Lipinski definition) is 0. The zero-order valence-electron chi connectivity index (χ0n) is 5.95. The van der Waals surface area contributed by atoms with Crippen molar-refractivity contribution in [1.29, 1.82) is 0 Å². The molecule has 0 bridgehead atoms. The highest BCUT2D eigenvalue weighted by atomic mass is 127. The smallest absolute Gasteiger partial charge is 0.0207 e. The van der Waals surface area contributed by atoms with Gasteiger partial charge in [0.2, 0.25) is 0 Å². The number of hydrogen-bond acceptors (Lipinski definition) is 0. The predicted octanol–water partition coefficient (Wildman–Crippen LogP) is 4.18. The average Bonchev–Trinajstić information content (AvgIpc) is 1.98. The molecule has 0 saturated heterocycles. The van der Waals surface area contributed by atoms with E-state index in [-0.39, 0.29) is 0 Å². The van der Waals surface area contributed by atoms with Gasteiger partial charge in [-0.3, -0.25) is 0 Å². The maximum atomic E-state index is 3.47. The highest BCUT2D eigenvalue weighted by molar-refractivity contribution is 14.1. The van der Waals surface area contributed by atoms with Crippen molar-refractivity contribution in [2.24, 2.45) is 0 Å². The zero-order chi connectivity index (χ0) is 7.82. The van der Waals surface area contributed by atoms with Gasteiger partial charge in [-0.25, -0.2) is 0 Å². The van der Waals surface area contributed by atoms with Crippen molar-refractivity contribution in [1.82, 2.24) is 0 Å². The van der Waals surface area contributed by atoms with Gasteiger partial charge in [-0.2, -0.15) is 0 Å². The monoisotopic (exact) mass is 430 g/mol. The van der Waals surface area contributed by atoms with Crippen LogP contribution in [0.4, 0.5) is 0 Å². The molecule has 0 N–H and O–H groups in total. The molecule has 0 aromatic carbocycles. The highest BCUT2D eigenvalue weighted by Crippen LogP contribution is 2.13. The van der Waals surface area contributed by atoms with Crippen molar-refractivity contribution >= 4 is 61.1 Å². The fraction of sp³-hybridized carbons (Fsp3) is 1.00. The number of rotatable bonds is 6. The number of alkyl halides is 3. The molecule has 0 spiro atoms. The van der Waals surface area contributed by atoms with Crippen LogP contribution in [0.15, 0.2) is 0 Å². The van der Waals surface area contributed by atoms with Gasteiger partial charge in [-0.05, 0) is 17.3 Å². The summed E-state index contributed by atoms with van der Waals surface area (Å²) in [5, 5.41) is 1.15. The average molecular weight is 431 g/mol. The normalized spacial score (nSPS) is 13.5. The van der Waals surface area contributed by atoms with Crippen molar-refractivity contribution in [2.75, 3.05) is 9.76 Å². The Labute approximate surface area is 99.3 Å². The SMILES string of the molecule is BrCC(I)CCCCCI. The van der Waals surface area contributed by atoms with Crippen LogP contribution in [-0.4, -0.2) is 13.7 Å². The molecule has 0 rings (SSSR count). The van der Waals surface area contributed by atoms with E-state index < -0.39 is 0 Å². The molecule has 0 saturated carbocycles. The summed E-state index contributed by atoms with van der Waals surface area (Å²) >= 11 is 8.43. The van der Waals surface area contributed by atoms with Crippen LogP contribution in [0.3, 0.4) is 0 Å². The molecule has 0 aromatic rings. The molecule has 0 aliphatic heterocycles. The lowest BCUT2D eigenvalue weighted by Gasteiger charge is -2.03. The summed E-state index contributed by atoms with van der Waals surface area (Å²) in [6, 6.07) is 0. The molecule has 1 unspecified atom stereocenters. The molecule has 3 heteroatoms. The summed E-state index contributed by atoms with van der Waals surface area (Å²) in [4.78, 5) is 0. The van der Waals surface area contributed by atoms with Gasteiger partial charge in [0.1, 0.15) is 0 Å². The van der Waals surface area contributed by atoms with Crippen molar-refractivity contribution in [3.63, 3.8) is 0 Å². The van der Waals surface area contributed by atoms with Crippen LogP contribution >= 0.6 is 61.1 Å². The van der Waals surface area contributed by atoms with Crippen LogP contribution in [0.2, 0.25) is 0 Å². The Balaban J connectivity index is 2.89. The largest absolute Gasteiger partial charge is 0.0917 e. The molecule has 0 heterocycles. The molecule has 62 valence electrons. The van der Waals surface area contributed by atoms with Crippen LogP contribution in [0, 0.1) is 0 Å². The molecule has 0 aliphatic rings. The first kappa shape index (κ1) is 11.9. The van der Waals surface area contributed by atoms with Crippen LogP contribution in [0.25, 0.3) is 0 Å². The standard InChI is InChI=1S/C7H13BrI2/c8-6-7(10)4-2-1-3-5-9/h7H,1-6H2. The minimum absolute atomic E-state index is 0.840. The molecular formula is C7H13BrI2. The first-order valence-corrected chi connectivity index (χ1v) is 7.46. The number of halogens is 3. The van der Waals surface area contributed by atoms with Crippen molar-refractivity contribution in [2.45, 2.75) is 29.6 Å². The lowest BCUT2D eigenvalue weighted by molar-refractivity contribution is 0.683. The van der Waals surface area contributed by atoms with Crippen LogP contribution in [0.5, 0.6) is 0 Å². The fourth-order valence-electron chi connectivity index (χ4n) is 0.714. The lowest BCUT2D eigenvalue weighted by atomic mass is 10.2. The van der Waals surface area contributed by atoms with E-state index in [1.165, 1.54) is 30.1 Å². The van der Waals surface area contributed by atoms with Gasteiger partial charge in [-0.1, -0.05) is 74.0 Å². The van der Waals surface area contributed by atoms with E-state index in [9.17, 15) is 0 Å². The van der Waals surface area contributed by atoms with E-state index in [0.29, 0.717) is 0 Å². The zero-order valence-corrected chi connectivity index (χ0v) is 11.9. The first-order valence-electron chi connectivity index (χ1n) is 3.57. The van der Waals surface area contributed by atoms with Crippen molar-refractivity contribution in [3.05, 3.63) is 0 Å². The quantitative estimate of drug-likeness (QED) is 0.337. The topological polar surface area (TPSA) is 0 Å². The third kappa shape index (κ3) is 8.04. The summed E-state index contributed by atoms with van der Waals surface area (Å²) in [6.45, 7) is 0.